The highest BCUT2D eigenvalue weighted by molar-refractivity contribution is 7.20. The van der Waals surface area contributed by atoms with E-state index in [0.29, 0.717) is 35.3 Å². The first kappa shape index (κ1) is 26.6. The van der Waals surface area contributed by atoms with E-state index in [0.717, 1.165) is 54.3 Å². The number of rotatable bonds is 9. The minimum Gasteiger partial charge on any atom is -0.477 e. The van der Waals surface area contributed by atoms with E-state index in [9.17, 15) is 14.3 Å². The summed E-state index contributed by atoms with van der Waals surface area (Å²) < 4.78 is 27.4. The summed E-state index contributed by atoms with van der Waals surface area (Å²) in [5.41, 5.74) is 2.33. The molecule has 41 heavy (non-hydrogen) atoms. The number of hydrogen-bond donors (Lipinski definition) is 1. The van der Waals surface area contributed by atoms with E-state index in [1.165, 1.54) is 12.3 Å². The fourth-order valence-corrected chi connectivity index (χ4v) is 5.93. The molecule has 1 aliphatic rings. The number of carboxylic acid groups (broad SMARTS) is 1. The Kier molecular flexibility index (Phi) is 7.45. The molecule has 12 heteroatoms. The van der Waals surface area contributed by atoms with Crippen LogP contribution in [0.5, 0.6) is 5.88 Å². The van der Waals surface area contributed by atoms with E-state index < -0.39 is 11.8 Å². The van der Waals surface area contributed by atoms with E-state index in [-0.39, 0.29) is 23.0 Å². The molecule has 0 atom stereocenters. The third kappa shape index (κ3) is 5.82. The maximum Gasteiger partial charge on any atom is 0.346 e. The van der Waals surface area contributed by atoms with Crippen molar-refractivity contribution in [2.75, 3.05) is 13.1 Å². The van der Waals surface area contributed by atoms with Crippen molar-refractivity contribution >= 4 is 27.7 Å². The maximum absolute atomic E-state index is 14.2. The molecule has 5 aromatic rings. The van der Waals surface area contributed by atoms with Gasteiger partial charge in [0.1, 0.15) is 40.8 Å². The Morgan fingerprint density at radius 3 is 2.78 bits per heavy atom. The van der Waals surface area contributed by atoms with Gasteiger partial charge in [-0.3, -0.25) is 4.90 Å². The molecule has 1 N–H and O–H groups in total. The van der Waals surface area contributed by atoms with Gasteiger partial charge in [0.25, 0.3) is 0 Å². The van der Waals surface area contributed by atoms with E-state index in [4.69, 9.17) is 19.4 Å². The number of aromatic nitrogens is 4. The number of ether oxygens (including phenoxy) is 1. The predicted octanol–water partition coefficient (Wildman–Crippen LogP) is 5.20. The smallest absolute Gasteiger partial charge is 0.346 e. The molecule has 6 rings (SSSR count). The van der Waals surface area contributed by atoms with Crippen LogP contribution in [0, 0.1) is 17.1 Å². The Balaban J connectivity index is 1.10. The molecule has 0 amide bonds. The van der Waals surface area contributed by atoms with Gasteiger partial charge in [0.2, 0.25) is 11.8 Å². The monoisotopic (exact) mass is 572 g/mol. The standard InChI is InChI=1S/C29H25FN6O4S/c30-21-12-18(14-31)4-5-20(21)17-40-26-3-1-2-22(33-26)19-6-9-35(10-7-19)15-25-34-28-23(13-24(41-28)29(37)38)36(25)16-27-32-8-11-39-27/h1-5,8,11-13,19H,6-7,9-10,15-17H2,(H,37,38). The lowest BCUT2D eigenvalue weighted by Gasteiger charge is -2.31. The van der Waals surface area contributed by atoms with Crippen molar-refractivity contribution in [3.05, 3.63) is 94.2 Å². The molecule has 1 aromatic carbocycles. The molecule has 0 saturated carbocycles. The molecule has 1 fully saturated rings. The van der Waals surface area contributed by atoms with Crippen LogP contribution in [0.15, 0.2) is 59.3 Å². The number of oxazole rings is 1. The fourth-order valence-electron chi connectivity index (χ4n) is 5.04. The van der Waals surface area contributed by atoms with Crippen LogP contribution in [0.4, 0.5) is 4.39 Å². The Bertz CT molecular complexity index is 1730. The number of fused-ring (bicyclic) bond motifs is 1. The Morgan fingerprint density at radius 1 is 1.20 bits per heavy atom. The van der Waals surface area contributed by atoms with Crippen molar-refractivity contribution in [2.24, 2.45) is 0 Å². The van der Waals surface area contributed by atoms with Gasteiger partial charge in [-0.1, -0.05) is 12.1 Å². The lowest BCUT2D eigenvalue weighted by molar-refractivity contribution is 0.0702. The highest BCUT2D eigenvalue weighted by Crippen LogP contribution is 2.31. The number of carbonyl (C=O) groups is 1. The number of pyridine rings is 1. The van der Waals surface area contributed by atoms with Crippen molar-refractivity contribution < 1.29 is 23.4 Å². The zero-order valence-corrected chi connectivity index (χ0v) is 22.7. The molecule has 208 valence electrons. The normalized spacial score (nSPS) is 14.3. The second kappa shape index (κ2) is 11.5. The summed E-state index contributed by atoms with van der Waals surface area (Å²) in [6.07, 6.45) is 4.91. The summed E-state index contributed by atoms with van der Waals surface area (Å²) in [5.74, 6) is 0.614. The minimum atomic E-state index is -0.969. The zero-order chi connectivity index (χ0) is 28.3. The molecule has 0 bridgehead atoms. The van der Waals surface area contributed by atoms with E-state index in [2.05, 4.69) is 14.9 Å². The number of carboxylic acids is 1. The fraction of sp³-hybridized carbons (Fsp3) is 0.276. The predicted molar refractivity (Wildman–Crippen MR) is 147 cm³/mol. The molecule has 4 aromatic heterocycles. The van der Waals surface area contributed by atoms with Crippen LogP contribution in [0.25, 0.3) is 10.3 Å². The number of thiophene rings is 1. The highest BCUT2D eigenvalue weighted by Gasteiger charge is 2.25. The van der Waals surface area contributed by atoms with Crippen LogP contribution >= 0.6 is 11.3 Å². The van der Waals surface area contributed by atoms with Crippen LogP contribution < -0.4 is 4.74 Å². The number of likely N-dealkylation sites (tertiary alicyclic amines) is 1. The Morgan fingerprint density at radius 2 is 2.05 bits per heavy atom. The molecular formula is C29H25FN6O4S. The molecule has 10 nitrogen and oxygen atoms in total. The quantitative estimate of drug-likeness (QED) is 0.253. The van der Waals surface area contributed by atoms with E-state index in [1.807, 2.05) is 22.8 Å². The maximum atomic E-state index is 14.2. The average molecular weight is 573 g/mol. The second-order valence-electron chi connectivity index (χ2n) is 9.80. The highest BCUT2D eigenvalue weighted by atomic mass is 32.1. The van der Waals surface area contributed by atoms with Crippen molar-refractivity contribution in [2.45, 2.75) is 38.5 Å². The van der Waals surface area contributed by atoms with Crippen LogP contribution in [0.1, 0.15) is 57.0 Å². The number of aromatic carboxylic acids is 1. The Labute approximate surface area is 238 Å². The van der Waals surface area contributed by atoms with Gasteiger partial charge in [-0.05, 0) is 50.2 Å². The number of imidazole rings is 1. The molecule has 1 aliphatic heterocycles. The second-order valence-corrected chi connectivity index (χ2v) is 10.8. The number of hydrogen-bond acceptors (Lipinski definition) is 9. The zero-order valence-electron chi connectivity index (χ0n) is 21.9. The number of halogens is 1. The lowest BCUT2D eigenvalue weighted by atomic mass is 9.93. The third-order valence-electron chi connectivity index (χ3n) is 7.19. The van der Waals surface area contributed by atoms with Crippen molar-refractivity contribution in [3.63, 3.8) is 0 Å². The first-order chi connectivity index (χ1) is 20.0. The molecule has 1 saturated heterocycles. The average Bonchev–Trinajstić information content (AvgIpc) is 3.72. The van der Waals surface area contributed by atoms with Crippen LogP contribution in [0.3, 0.4) is 0 Å². The lowest BCUT2D eigenvalue weighted by Crippen LogP contribution is -2.33. The molecular weight excluding hydrogens is 547 g/mol. The van der Waals surface area contributed by atoms with Gasteiger partial charge in [0.05, 0.1) is 29.9 Å². The largest absolute Gasteiger partial charge is 0.477 e. The van der Waals surface area contributed by atoms with E-state index >= 15 is 0 Å². The number of benzene rings is 1. The van der Waals surface area contributed by atoms with Crippen molar-refractivity contribution in [1.82, 2.24) is 24.4 Å². The SMILES string of the molecule is N#Cc1ccc(COc2cccc(C3CCN(Cc4nc5sc(C(=O)O)cc5n4Cc4ncco4)CC3)n2)c(F)c1. The number of nitriles is 1. The van der Waals surface area contributed by atoms with Gasteiger partial charge in [0.15, 0.2) is 0 Å². The Hall–Kier alpha value is -4.60. The van der Waals surface area contributed by atoms with Gasteiger partial charge >= 0.3 is 5.97 Å². The van der Waals surface area contributed by atoms with Crippen LogP contribution in [0.2, 0.25) is 0 Å². The third-order valence-corrected chi connectivity index (χ3v) is 8.19. The van der Waals surface area contributed by atoms with Crippen LogP contribution in [-0.2, 0) is 19.7 Å². The van der Waals surface area contributed by atoms with Gasteiger partial charge in [-0.2, -0.15) is 5.26 Å². The van der Waals surface area contributed by atoms with Crippen LogP contribution in [-0.4, -0.2) is 48.6 Å². The summed E-state index contributed by atoms with van der Waals surface area (Å²) in [5, 5.41) is 18.3. The summed E-state index contributed by atoms with van der Waals surface area (Å²) in [7, 11) is 0. The summed E-state index contributed by atoms with van der Waals surface area (Å²) in [6, 6.07) is 13.6. The topological polar surface area (TPSA) is 130 Å². The van der Waals surface area contributed by atoms with Crippen molar-refractivity contribution in [1.29, 1.82) is 5.26 Å². The molecule has 0 radical (unpaired) electrons. The van der Waals surface area contributed by atoms with E-state index in [1.54, 1.807) is 30.5 Å². The van der Waals surface area contributed by atoms with Crippen molar-refractivity contribution in [3.8, 4) is 11.9 Å². The van der Waals surface area contributed by atoms with Gasteiger partial charge in [-0.25, -0.2) is 24.1 Å². The van der Waals surface area contributed by atoms with Gasteiger partial charge in [-0.15, -0.1) is 11.3 Å². The minimum absolute atomic E-state index is 0.0258. The summed E-state index contributed by atoms with van der Waals surface area (Å²) >= 11 is 1.16. The molecule has 0 aliphatic carbocycles. The summed E-state index contributed by atoms with van der Waals surface area (Å²) in [4.78, 5) is 28.5. The molecule has 0 unspecified atom stereocenters. The number of piperidine rings is 1. The van der Waals surface area contributed by atoms with Gasteiger partial charge in [0, 0.05) is 23.2 Å². The molecule has 0 spiro atoms. The molecule has 5 heterocycles. The number of nitrogens with zero attached hydrogens (tertiary/aromatic N) is 6. The first-order valence-corrected chi connectivity index (χ1v) is 13.9. The summed E-state index contributed by atoms with van der Waals surface area (Å²) in [6.45, 7) is 2.69. The first-order valence-electron chi connectivity index (χ1n) is 13.1. The van der Waals surface area contributed by atoms with Gasteiger partial charge < -0.3 is 18.8 Å².